The van der Waals surface area contributed by atoms with Crippen molar-refractivity contribution in [1.82, 2.24) is 4.98 Å². The van der Waals surface area contributed by atoms with Crippen LogP contribution in [-0.2, 0) is 17.6 Å². The van der Waals surface area contributed by atoms with Gasteiger partial charge in [0.05, 0.1) is 25.5 Å². The van der Waals surface area contributed by atoms with Gasteiger partial charge in [0.15, 0.2) is 0 Å². The number of anilines is 1. The van der Waals surface area contributed by atoms with Gasteiger partial charge in [0.1, 0.15) is 11.5 Å². The molecule has 2 heterocycles. The van der Waals surface area contributed by atoms with Gasteiger partial charge in [-0.1, -0.05) is 0 Å². The average molecular weight is 324 g/mol. The number of aromatic amines is 1. The summed E-state index contributed by atoms with van der Waals surface area (Å²) in [5, 5.41) is 2.90. The molecule has 1 aromatic carbocycles. The molecule has 2 aliphatic rings. The molecule has 1 amide bonds. The highest BCUT2D eigenvalue weighted by Gasteiger charge is 2.27. The molecule has 0 saturated heterocycles. The zero-order valence-electron chi connectivity index (χ0n) is 13.9. The van der Waals surface area contributed by atoms with Gasteiger partial charge in [-0.2, -0.15) is 0 Å². The van der Waals surface area contributed by atoms with Gasteiger partial charge < -0.3 is 19.8 Å². The van der Waals surface area contributed by atoms with Gasteiger partial charge in [0, 0.05) is 22.5 Å². The lowest BCUT2D eigenvalue weighted by atomic mass is 9.97. The van der Waals surface area contributed by atoms with Crippen LogP contribution in [0.1, 0.15) is 35.4 Å². The van der Waals surface area contributed by atoms with Crippen LogP contribution < -0.4 is 14.8 Å². The third-order valence-corrected chi connectivity index (χ3v) is 4.77. The number of H-pyrrole nitrogens is 1. The van der Waals surface area contributed by atoms with Crippen molar-refractivity contribution in [2.24, 2.45) is 0 Å². The maximum atomic E-state index is 12.4. The minimum atomic E-state index is -0.104. The van der Waals surface area contributed by atoms with Crippen LogP contribution in [0.4, 0.5) is 5.69 Å². The van der Waals surface area contributed by atoms with Crippen molar-refractivity contribution >= 4 is 23.2 Å². The molecule has 5 nitrogen and oxygen atoms in total. The van der Waals surface area contributed by atoms with E-state index < -0.39 is 0 Å². The fourth-order valence-corrected chi connectivity index (χ4v) is 3.59. The summed E-state index contributed by atoms with van der Waals surface area (Å²) in [5.41, 5.74) is 5.64. The van der Waals surface area contributed by atoms with Crippen LogP contribution in [-0.4, -0.2) is 25.1 Å². The Labute approximate surface area is 140 Å². The van der Waals surface area contributed by atoms with E-state index in [4.69, 9.17) is 9.47 Å². The number of aromatic nitrogens is 1. The molecule has 5 heteroatoms. The summed E-state index contributed by atoms with van der Waals surface area (Å²) < 4.78 is 10.9. The number of nitrogens with one attached hydrogen (secondary N) is 2. The van der Waals surface area contributed by atoms with Crippen molar-refractivity contribution in [3.63, 3.8) is 0 Å². The zero-order chi connectivity index (χ0) is 16.7. The maximum Gasteiger partial charge on any atom is 0.256 e. The van der Waals surface area contributed by atoms with E-state index in [1.807, 2.05) is 24.3 Å². The molecule has 0 spiro atoms. The number of carbonyl (C=O) groups excluding carboxylic acids is 1. The standard InChI is InChI=1S/C19H20N2O3/c1-23-11-7-8-16-13(9-11)14(19(22)21-16)10-17-18(24-2)12-5-3-4-6-15(12)20-17/h7-10,20H,3-6H2,1-2H3,(H,21,22). The fourth-order valence-electron chi connectivity index (χ4n) is 3.59. The molecule has 0 unspecified atom stereocenters. The number of hydrogen-bond acceptors (Lipinski definition) is 3. The minimum Gasteiger partial charge on any atom is -0.497 e. The van der Waals surface area contributed by atoms with E-state index in [9.17, 15) is 4.79 Å². The second-order valence-corrected chi connectivity index (χ2v) is 6.16. The van der Waals surface area contributed by atoms with Crippen LogP contribution in [0.25, 0.3) is 11.6 Å². The number of benzene rings is 1. The number of carbonyl (C=O) groups is 1. The third kappa shape index (κ3) is 2.28. The first-order chi connectivity index (χ1) is 11.7. The Morgan fingerprint density at radius 2 is 1.96 bits per heavy atom. The van der Waals surface area contributed by atoms with Crippen molar-refractivity contribution in [3.8, 4) is 11.5 Å². The predicted molar refractivity (Wildman–Crippen MR) is 93.5 cm³/mol. The first-order valence-electron chi connectivity index (χ1n) is 8.20. The van der Waals surface area contributed by atoms with Crippen LogP contribution >= 0.6 is 0 Å². The molecule has 0 radical (unpaired) electrons. The number of ether oxygens (including phenoxy) is 2. The smallest absolute Gasteiger partial charge is 0.256 e. The van der Waals surface area contributed by atoms with Gasteiger partial charge in [-0.25, -0.2) is 0 Å². The summed E-state index contributed by atoms with van der Waals surface area (Å²) in [4.78, 5) is 15.9. The molecule has 1 aliphatic heterocycles. The number of fused-ring (bicyclic) bond motifs is 2. The third-order valence-electron chi connectivity index (χ3n) is 4.77. The Morgan fingerprint density at radius 3 is 2.75 bits per heavy atom. The number of rotatable bonds is 3. The minimum absolute atomic E-state index is 0.104. The number of amides is 1. The van der Waals surface area contributed by atoms with Crippen LogP contribution in [0.15, 0.2) is 18.2 Å². The molecule has 0 atom stereocenters. The summed E-state index contributed by atoms with van der Waals surface area (Å²) in [6.45, 7) is 0. The summed E-state index contributed by atoms with van der Waals surface area (Å²) in [5.74, 6) is 1.49. The Hall–Kier alpha value is -2.69. The average Bonchev–Trinajstić information content (AvgIpc) is 3.11. The van der Waals surface area contributed by atoms with Gasteiger partial charge in [0.25, 0.3) is 5.91 Å². The van der Waals surface area contributed by atoms with Crippen molar-refractivity contribution in [2.45, 2.75) is 25.7 Å². The van der Waals surface area contributed by atoms with E-state index in [0.29, 0.717) is 5.57 Å². The normalized spacial score (nSPS) is 17.4. The van der Waals surface area contributed by atoms with E-state index in [2.05, 4.69) is 10.3 Å². The maximum absolute atomic E-state index is 12.4. The molecule has 1 aromatic heterocycles. The van der Waals surface area contributed by atoms with E-state index >= 15 is 0 Å². The van der Waals surface area contributed by atoms with Gasteiger partial charge in [-0.3, -0.25) is 4.79 Å². The van der Waals surface area contributed by atoms with E-state index in [1.165, 1.54) is 24.1 Å². The molecule has 0 saturated carbocycles. The topological polar surface area (TPSA) is 63.4 Å². The summed E-state index contributed by atoms with van der Waals surface area (Å²) >= 11 is 0. The highest BCUT2D eigenvalue weighted by molar-refractivity contribution is 6.35. The summed E-state index contributed by atoms with van der Waals surface area (Å²) in [7, 11) is 3.31. The number of hydrogen-bond donors (Lipinski definition) is 2. The Morgan fingerprint density at radius 1 is 1.12 bits per heavy atom. The summed E-state index contributed by atoms with van der Waals surface area (Å²) in [6.07, 6.45) is 6.31. The second-order valence-electron chi connectivity index (χ2n) is 6.16. The SMILES string of the molecule is COc1ccc2c(c1)C(=Cc1[nH]c3c(c1OC)CCCC3)C(=O)N2. The van der Waals surface area contributed by atoms with Crippen LogP contribution in [0, 0.1) is 0 Å². The molecule has 0 fully saturated rings. The number of methoxy groups -OCH3 is 2. The number of aryl methyl sites for hydroxylation is 1. The van der Waals surface area contributed by atoms with Gasteiger partial charge in [-0.05, 0) is 50.0 Å². The first-order valence-corrected chi connectivity index (χ1v) is 8.20. The molecule has 1 aliphatic carbocycles. The molecular formula is C19H20N2O3. The van der Waals surface area contributed by atoms with Crippen molar-refractivity contribution in [2.75, 3.05) is 19.5 Å². The van der Waals surface area contributed by atoms with E-state index in [-0.39, 0.29) is 5.91 Å². The van der Waals surface area contributed by atoms with Crippen LogP contribution in [0.3, 0.4) is 0 Å². The second kappa shape index (κ2) is 5.74. The first kappa shape index (κ1) is 14.9. The molecule has 0 bridgehead atoms. The largest absolute Gasteiger partial charge is 0.497 e. The lowest BCUT2D eigenvalue weighted by molar-refractivity contribution is -0.110. The Balaban J connectivity index is 1.82. The highest BCUT2D eigenvalue weighted by Crippen LogP contribution is 2.39. The molecule has 24 heavy (non-hydrogen) atoms. The van der Waals surface area contributed by atoms with E-state index in [0.717, 1.165) is 41.3 Å². The van der Waals surface area contributed by atoms with Gasteiger partial charge in [0.2, 0.25) is 0 Å². The Kier molecular flexibility index (Phi) is 3.56. The van der Waals surface area contributed by atoms with E-state index in [1.54, 1.807) is 14.2 Å². The van der Waals surface area contributed by atoms with Crippen molar-refractivity contribution < 1.29 is 14.3 Å². The zero-order valence-corrected chi connectivity index (χ0v) is 13.9. The van der Waals surface area contributed by atoms with Crippen LogP contribution in [0.5, 0.6) is 11.5 Å². The molecule has 2 N–H and O–H groups in total. The quantitative estimate of drug-likeness (QED) is 0.851. The molecule has 2 aromatic rings. The lowest BCUT2D eigenvalue weighted by Crippen LogP contribution is -2.03. The van der Waals surface area contributed by atoms with Gasteiger partial charge in [-0.15, -0.1) is 0 Å². The lowest BCUT2D eigenvalue weighted by Gasteiger charge is -2.11. The molecular weight excluding hydrogens is 304 g/mol. The van der Waals surface area contributed by atoms with Crippen LogP contribution in [0.2, 0.25) is 0 Å². The van der Waals surface area contributed by atoms with Crippen molar-refractivity contribution in [1.29, 1.82) is 0 Å². The highest BCUT2D eigenvalue weighted by atomic mass is 16.5. The molecule has 124 valence electrons. The predicted octanol–water partition coefficient (Wildman–Crippen LogP) is 3.40. The van der Waals surface area contributed by atoms with Crippen molar-refractivity contribution in [3.05, 3.63) is 40.7 Å². The molecule has 4 rings (SSSR count). The fraction of sp³-hybridized carbons (Fsp3) is 0.316. The monoisotopic (exact) mass is 324 g/mol. The Bertz CT molecular complexity index is 849. The van der Waals surface area contributed by atoms with Gasteiger partial charge >= 0.3 is 0 Å². The summed E-state index contributed by atoms with van der Waals surface area (Å²) in [6, 6.07) is 5.59.